The third-order valence-electron chi connectivity index (χ3n) is 6.26. The van der Waals surface area contributed by atoms with E-state index in [2.05, 4.69) is 17.0 Å². The van der Waals surface area contributed by atoms with E-state index in [1.165, 1.54) is 6.07 Å². The topological polar surface area (TPSA) is 60.2 Å². The van der Waals surface area contributed by atoms with Crippen LogP contribution in [-0.2, 0) is 13.2 Å². The van der Waals surface area contributed by atoms with Crippen LogP contribution in [0, 0.1) is 12.8 Å². The summed E-state index contributed by atoms with van der Waals surface area (Å²) in [5.41, 5.74) is 2.41. The maximum absolute atomic E-state index is 13.8. The smallest absolute Gasteiger partial charge is 0.417 e. The number of piperidine rings is 1. The van der Waals surface area contributed by atoms with Crippen LogP contribution in [0.3, 0.4) is 0 Å². The summed E-state index contributed by atoms with van der Waals surface area (Å²) >= 11 is 0. The van der Waals surface area contributed by atoms with E-state index in [1.54, 1.807) is 10.9 Å². The number of pyridine rings is 1. The number of alkyl halides is 3. The van der Waals surface area contributed by atoms with Gasteiger partial charge in [-0.2, -0.15) is 18.3 Å². The van der Waals surface area contributed by atoms with Crippen LogP contribution in [0.5, 0.6) is 5.88 Å². The third-order valence-corrected chi connectivity index (χ3v) is 6.26. The summed E-state index contributed by atoms with van der Waals surface area (Å²) in [6.07, 6.45) is 1.72. The van der Waals surface area contributed by atoms with Gasteiger partial charge in [-0.05, 0) is 43.4 Å². The summed E-state index contributed by atoms with van der Waals surface area (Å²) in [7, 11) is 1.83. The molecule has 6 nitrogen and oxygen atoms in total. The van der Waals surface area contributed by atoms with Gasteiger partial charge in [0.2, 0.25) is 5.88 Å². The van der Waals surface area contributed by atoms with Gasteiger partial charge >= 0.3 is 6.18 Å². The number of benzene rings is 1. The zero-order valence-corrected chi connectivity index (χ0v) is 19.3. The van der Waals surface area contributed by atoms with Crippen LogP contribution in [0.15, 0.2) is 48.9 Å². The third kappa shape index (κ3) is 5.08. The van der Waals surface area contributed by atoms with E-state index >= 15 is 0 Å². The van der Waals surface area contributed by atoms with E-state index < -0.39 is 11.7 Å². The van der Waals surface area contributed by atoms with Gasteiger partial charge in [0.1, 0.15) is 6.61 Å². The van der Waals surface area contributed by atoms with Crippen molar-refractivity contribution in [1.29, 1.82) is 0 Å². The Labute approximate surface area is 196 Å². The predicted molar refractivity (Wildman–Crippen MR) is 121 cm³/mol. The van der Waals surface area contributed by atoms with Crippen LogP contribution in [0.4, 0.5) is 13.2 Å². The highest BCUT2D eigenvalue weighted by atomic mass is 19.4. The van der Waals surface area contributed by atoms with Crippen molar-refractivity contribution in [2.75, 3.05) is 13.2 Å². The molecular formula is C25H27F3N4O2. The molecule has 3 heterocycles. The average molecular weight is 473 g/mol. The van der Waals surface area contributed by atoms with Crippen LogP contribution < -0.4 is 4.74 Å². The first kappa shape index (κ1) is 23.8. The number of likely N-dealkylation sites (tertiary alicyclic amines) is 1. The number of hydrogen-bond acceptors (Lipinski definition) is 4. The second-order valence-corrected chi connectivity index (χ2v) is 8.83. The largest absolute Gasteiger partial charge is 0.475 e. The monoisotopic (exact) mass is 472 g/mol. The van der Waals surface area contributed by atoms with Gasteiger partial charge in [-0.15, -0.1) is 0 Å². The first-order valence-electron chi connectivity index (χ1n) is 11.2. The summed E-state index contributed by atoms with van der Waals surface area (Å²) in [6, 6.07) is 7.72. The van der Waals surface area contributed by atoms with Gasteiger partial charge in [-0.1, -0.05) is 24.6 Å². The predicted octanol–water partition coefficient (Wildman–Crippen LogP) is 5.13. The van der Waals surface area contributed by atoms with Crippen molar-refractivity contribution in [2.45, 2.75) is 38.9 Å². The van der Waals surface area contributed by atoms with Gasteiger partial charge in [-0.3, -0.25) is 9.48 Å². The minimum absolute atomic E-state index is 0.0944. The SMILES string of the molecule is Cc1ccc(-c2cnn(C)c2)c(C(=O)N2CCC[C@@H](C)[C@H]2COc2ccc(C(F)(F)F)cn2)c1. The van der Waals surface area contributed by atoms with Crippen molar-refractivity contribution in [1.82, 2.24) is 19.7 Å². The standard InChI is InChI=1S/C25H27F3N4O2/c1-16-6-8-20(18-12-30-31(3)14-18)21(11-16)24(33)32-10-4-5-17(2)22(32)15-34-23-9-7-19(13-29-23)25(26,27)28/h6-9,11-14,17,22H,4-5,10,15H2,1-3H3/t17-,22-/m1/s1. The first-order chi connectivity index (χ1) is 16.1. The van der Waals surface area contributed by atoms with Gasteiger partial charge < -0.3 is 9.64 Å². The van der Waals surface area contributed by atoms with Crippen LogP contribution in [-0.4, -0.2) is 44.8 Å². The average Bonchev–Trinajstić information content (AvgIpc) is 3.23. The van der Waals surface area contributed by atoms with Crippen LogP contribution in [0.25, 0.3) is 11.1 Å². The maximum atomic E-state index is 13.8. The number of nitrogens with zero attached hydrogens (tertiary/aromatic N) is 4. The lowest BCUT2D eigenvalue weighted by Gasteiger charge is -2.40. The molecule has 2 aromatic heterocycles. The summed E-state index contributed by atoms with van der Waals surface area (Å²) in [5.74, 6) is 0.173. The van der Waals surface area contributed by atoms with Crippen LogP contribution in [0.1, 0.15) is 41.3 Å². The number of halogens is 3. The molecule has 2 atom stereocenters. The molecule has 4 rings (SSSR count). The van der Waals surface area contributed by atoms with E-state index in [0.29, 0.717) is 12.1 Å². The molecule has 1 aromatic carbocycles. The molecule has 0 bridgehead atoms. The van der Waals surface area contributed by atoms with Gasteiger partial charge in [-0.25, -0.2) is 4.98 Å². The second kappa shape index (κ2) is 9.48. The van der Waals surface area contributed by atoms with Gasteiger partial charge in [0.25, 0.3) is 5.91 Å². The van der Waals surface area contributed by atoms with Crippen LogP contribution in [0.2, 0.25) is 0 Å². The highest BCUT2D eigenvalue weighted by molar-refractivity contribution is 6.01. The zero-order valence-electron chi connectivity index (χ0n) is 19.3. The Kier molecular flexibility index (Phi) is 6.63. The summed E-state index contributed by atoms with van der Waals surface area (Å²) < 4.78 is 45.9. The van der Waals surface area contributed by atoms with Crippen LogP contribution >= 0.6 is 0 Å². The molecule has 0 saturated carbocycles. The molecule has 3 aromatic rings. The zero-order chi connectivity index (χ0) is 24.5. The molecule has 0 spiro atoms. The fourth-order valence-electron chi connectivity index (χ4n) is 4.36. The number of amides is 1. The highest BCUT2D eigenvalue weighted by Gasteiger charge is 2.34. The Balaban J connectivity index is 1.57. The molecule has 0 unspecified atom stereocenters. The van der Waals surface area contributed by atoms with E-state index in [1.807, 2.05) is 43.3 Å². The highest BCUT2D eigenvalue weighted by Crippen LogP contribution is 2.31. The lowest BCUT2D eigenvalue weighted by Crippen LogP contribution is -2.50. The molecule has 1 amide bonds. The molecule has 180 valence electrons. The molecule has 0 N–H and O–H groups in total. The van der Waals surface area contributed by atoms with Crippen molar-refractivity contribution in [3.8, 4) is 17.0 Å². The molecule has 1 fully saturated rings. The maximum Gasteiger partial charge on any atom is 0.417 e. The van der Waals surface area contributed by atoms with Gasteiger partial charge in [0, 0.05) is 43.2 Å². The molecule has 1 aliphatic heterocycles. The quantitative estimate of drug-likeness (QED) is 0.517. The Bertz CT molecular complexity index is 1160. The Morgan fingerprint density at radius 1 is 1.21 bits per heavy atom. The summed E-state index contributed by atoms with van der Waals surface area (Å²) in [6.45, 7) is 4.74. The lowest BCUT2D eigenvalue weighted by molar-refractivity contribution is -0.137. The van der Waals surface area contributed by atoms with Crippen molar-refractivity contribution in [3.05, 3.63) is 65.6 Å². The Hall–Kier alpha value is -3.36. The lowest BCUT2D eigenvalue weighted by atomic mass is 9.89. The van der Waals surface area contributed by atoms with Crippen molar-refractivity contribution in [3.63, 3.8) is 0 Å². The minimum atomic E-state index is -4.45. The number of rotatable bonds is 5. The molecule has 0 aliphatic carbocycles. The van der Waals surface area contributed by atoms with Crippen molar-refractivity contribution < 1.29 is 22.7 Å². The fraction of sp³-hybridized carbons (Fsp3) is 0.400. The molecule has 1 aliphatic rings. The second-order valence-electron chi connectivity index (χ2n) is 8.83. The minimum Gasteiger partial charge on any atom is -0.475 e. The van der Waals surface area contributed by atoms with E-state index in [9.17, 15) is 18.0 Å². The fourth-order valence-corrected chi connectivity index (χ4v) is 4.36. The molecular weight excluding hydrogens is 445 g/mol. The number of aromatic nitrogens is 3. The number of carbonyl (C=O) groups excluding carboxylic acids is 1. The molecule has 1 saturated heterocycles. The van der Waals surface area contributed by atoms with Gasteiger partial charge in [0.05, 0.1) is 17.8 Å². The van der Waals surface area contributed by atoms with E-state index in [0.717, 1.165) is 41.8 Å². The Morgan fingerprint density at radius 3 is 2.65 bits per heavy atom. The van der Waals surface area contributed by atoms with E-state index in [-0.39, 0.29) is 30.4 Å². The molecule has 9 heteroatoms. The number of carbonyl (C=O) groups is 1. The Morgan fingerprint density at radius 2 is 2.00 bits per heavy atom. The van der Waals surface area contributed by atoms with Crippen molar-refractivity contribution in [2.24, 2.45) is 13.0 Å². The summed E-state index contributed by atoms with van der Waals surface area (Å²) in [5, 5.41) is 4.23. The summed E-state index contributed by atoms with van der Waals surface area (Å²) in [4.78, 5) is 19.4. The van der Waals surface area contributed by atoms with Gasteiger partial charge in [0.15, 0.2) is 0 Å². The van der Waals surface area contributed by atoms with Crippen molar-refractivity contribution >= 4 is 5.91 Å². The normalized spacial score (nSPS) is 18.7. The van der Waals surface area contributed by atoms with E-state index in [4.69, 9.17) is 4.74 Å². The first-order valence-corrected chi connectivity index (χ1v) is 11.2. The molecule has 0 radical (unpaired) electrons. The number of aryl methyl sites for hydroxylation is 2. The number of hydrogen-bond donors (Lipinski definition) is 0. The number of ether oxygens (including phenoxy) is 1. The molecule has 34 heavy (non-hydrogen) atoms.